The van der Waals surface area contributed by atoms with Gasteiger partial charge in [0.25, 0.3) is 0 Å². The van der Waals surface area contributed by atoms with Crippen LogP contribution in [0, 0.1) is 0 Å². The van der Waals surface area contributed by atoms with E-state index in [1.165, 1.54) is 12.8 Å². The van der Waals surface area contributed by atoms with E-state index in [-0.39, 0.29) is 6.04 Å². The number of hydrogen-bond donors (Lipinski definition) is 0. The zero-order valence-corrected chi connectivity index (χ0v) is 14.9. The molecule has 132 valence electrons. The van der Waals surface area contributed by atoms with Crippen LogP contribution in [-0.4, -0.2) is 84.7 Å². The van der Waals surface area contributed by atoms with E-state index >= 15 is 0 Å². The second kappa shape index (κ2) is 7.95. The first kappa shape index (κ1) is 17.2. The number of carbonyl (C=O) groups excluding carboxylic acids is 1. The molecule has 3 heterocycles. The first-order chi connectivity index (χ1) is 11.2. The van der Waals surface area contributed by atoms with Gasteiger partial charge < -0.3 is 9.64 Å². The molecule has 0 radical (unpaired) electrons. The zero-order chi connectivity index (χ0) is 16.2. The number of amides is 1. The maximum atomic E-state index is 13.0. The standard InChI is InChI=1S/C18H33N3O2/c1-15(2)21-8-4-3-5-17(21)18(22)20-11-9-19(10-12-20)16-6-13-23-14-7-16/h15-17H,3-14H2,1-2H3. The van der Waals surface area contributed by atoms with Crippen molar-refractivity contribution in [1.82, 2.24) is 14.7 Å². The molecule has 3 fully saturated rings. The summed E-state index contributed by atoms with van der Waals surface area (Å²) in [6.07, 6.45) is 5.77. The maximum absolute atomic E-state index is 13.0. The van der Waals surface area contributed by atoms with Gasteiger partial charge in [0.2, 0.25) is 5.91 Å². The molecule has 1 atom stereocenters. The van der Waals surface area contributed by atoms with Crippen LogP contribution in [0.3, 0.4) is 0 Å². The van der Waals surface area contributed by atoms with Crippen LogP contribution in [0.15, 0.2) is 0 Å². The highest BCUT2D eigenvalue weighted by molar-refractivity contribution is 5.82. The third-order valence-electron chi connectivity index (χ3n) is 5.83. The summed E-state index contributed by atoms with van der Waals surface area (Å²) in [5.74, 6) is 0.380. The molecule has 3 rings (SSSR count). The first-order valence-corrected chi connectivity index (χ1v) is 9.53. The highest BCUT2D eigenvalue weighted by atomic mass is 16.5. The lowest BCUT2D eigenvalue weighted by molar-refractivity contribution is -0.141. The highest BCUT2D eigenvalue weighted by Crippen LogP contribution is 2.23. The largest absolute Gasteiger partial charge is 0.381 e. The molecule has 0 saturated carbocycles. The number of hydrogen-bond acceptors (Lipinski definition) is 4. The van der Waals surface area contributed by atoms with Crippen molar-refractivity contribution in [3.63, 3.8) is 0 Å². The van der Waals surface area contributed by atoms with Crippen molar-refractivity contribution >= 4 is 5.91 Å². The lowest BCUT2D eigenvalue weighted by Gasteiger charge is -2.44. The van der Waals surface area contributed by atoms with Gasteiger partial charge in [0, 0.05) is 51.5 Å². The smallest absolute Gasteiger partial charge is 0.240 e. The number of carbonyl (C=O) groups is 1. The molecule has 0 aromatic carbocycles. The summed E-state index contributed by atoms with van der Waals surface area (Å²) in [6.45, 7) is 11.2. The summed E-state index contributed by atoms with van der Waals surface area (Å²) < 4.78 is 5.47. The van der Waals surface area contributed by atoms with Crippen molar-refractivity contribution < 1.29 is 9.53 Å². The molecule has 3 saturated heterocycles. The van der Waals surface area contributed by atoms with Crippen LogP contribution in [0.4, 0.5) is 0 Å². The Morgan fingerprint density at radius 1 is 0.957 bits per heavy atom. The van der Waals surface area contributed by atoms with Gasteiger partial charge in [-0.3, -0.25) is 14.6 Å². The molecule has 0 N–H and O–H groups in total. The van der Waals surface area contributed by atoms with Gasteiger partial charge in [-0.25, -0.2) is 0 Å². The zero-order valence-electron chi connectivity index (χ0n) is 14.9. The van der Waals surface area contributed by atoms with Crippen LogP contribution in [0.2, 0.25) is 0 Å². The highest BCUT2D eigenvalue weighted by Gasteiger charge is 2.35. The molecule has 5 heteroatoms. The van der Waals surface area contributed by atoms with E-state index in [1.807, 2.05) is 0 Å². The molecule has 0 spiro atoms. The van der Waals surface area contributed by atoms with Crippen molar-refractivity contribution in [2.24, 2.45) is 0 Å². The molecular weight excluding hydrogens is 290 g/mol. The number of likely N-dealkylation sites (tertiary alicyclic amines) is 1. The lowest BCUT2D eigenvalue weighted by Crippen LogP contribution is -2.58. The van der Waals surface area contributed by atoms with E-state index < -0.39 is 0 Å². The molecule has 0 aliphatic carbocycles. The summed E-state index contributed by atoms with van der Waals surface area (Å²) in [7, 11) is 0. The van der Waals surface area contributed by atoms with Crippen molar-refractivity contribution in [2.45, 2.75) is 64.1 Å². The second-order valence-corrected chi connectivity index (χ2v) is 7.55. The first-order valence-electron chi connectivity index (χ1n) is 9.53. The van der Waals surface area contributed by atoms with Gasteiger partial charge in [-0.15, -0.1) is 0 Å². The van der Waals surface area contributed by atoms with Crippen molar-refractivity contribution in [2.75, 3.05) is 45.9 Å². The minimum absolute atomic E-state index is 0.124. The van der Waals surface area contributed by atoms with Crippen molar-refractivity contribution in [1.29, 1.82) is 0 Å². The molecule has 0 aromatic heterocycles. The molecule has 0 aromatic rings. The predicted molar refractivity (Wildman–Crippen MR) is 91.5 cm³/mol. The van der Waals surface area contributed by atoms with Gasteiger partial charge in [0.05, 0.1) is 6.04 Å². The van der Waals surface area contributed by atoms with Crippen LogP contribution in [0.25, 0.3) is 0 Å². The molecule has 3 aliphatic heterocycles. The van der Waals surface area contributed by atoms with Gasteiger partial charge in [-0.05, 0) is 46.1 Å². The van der Waals surface area contributed by atoms with Gasteiger partial charge in [-0.1, -0.05) is 6.42 Å². The Morgan fingerprint density at radius 3 is 2.30 bits per heavy atom. The van der Waals surface area contributed by atoms with Crippen LogP contribution in [0.5, 0.6) is 0 Å². The average molecular weight is 323 g/mol. The van der Waals surface area contributed by atoms with E-state index in [0.29, 0.717) is 18.0 Å². The van der Waals surface area contributed by atoms with Gasteiger partial charge in [0.15, 0.2) is 0 Å². The Hall–Kier alpha value is -0.650. The minimum Gasteiger partial charge on any atom is -0.381 e. The Kier molecular flexibility index (Phi) is 5.94. The van der Waals surface area contributed by atoms with E-state index in [2.05, 4.69) is 28.5 Å². The predicted octanol–water partition coefficient (Wildman–Crippen LogP) is 1.57. The summed E-state index contributed by atoms with van der Waals surface area (Å²) in [5, 5.41) is 0. The molecule has 3 aliphatic rings. The Labute approximate surface area is 140 Å². The lowest BCUT2D eigenvalue weighted by atomic mass is 9.98. The minimum atomic E-state index is 0.124. The molecule has 5 nitrogen and oxygen atoms in total. The normalized spacial score (nSPS) is 29.2. The quantitative estimate of drug-likeness (QED) is 0.790. The fourth-order valence-corrected chi connectivity index (χ4v) is 4.41. The van der Waals surface area contributed by atoms with E-state index in [1.54, 1.807) is 0 Å². The molecule has 1 amide bonds. The monoisotopic (exact) mass is 323 g/mol. The van der Waals surface area contributed by atoms with E-state index in [4.69, 9.17) is 4.74 Å². The van der Waals surface area contributed by atoms with E-state index in [0.717, 1.165) is 65.2 Å². The number of rotatable bonds is 3. The fourth-order valence-electron chi connectivity index (χ4n) is 4.41. The molecule has 23 heavy (non-hydrogen) atoms. The number of nitrogens with zero attached hydrogens (tertiary/aromatic N) is 3. The van der Waals surface area contributed by atoms with Crippen molar-refractivity contribution in [3.8, 4) is 0 Å². The van der Waals surface area contributed by atoms with Crippen LogP contribution in [0.1, 0.15) is 46.0 Å². The molecule has 1 unspecified atom stereocenters. The summed E-state index contributed by atoms with van der Waals surface area (Å²) in [6, 6.07) is 1.26. The molecule has 0 bridgehead atoms. The average Bonchev–Trinajstić information content (AvgIpc) is 2.62. The topological polar surface area (TPSA) is 36.0 Å². The Balaban J connectivity index is 1.53. The third-order valence-corrected chi connectivity index (χ3v) is 5.83. The number of piperazine rings is 1. The summed E-state index contributed by atoms with van der Waals surface area (Å²) in [4.78, 5) is 20.1. The fraction of sp³-hybridized carbons (Fsp3) is 0.944. The van der Waals surface area contributed by atoms with Gasteiger partial charge in [-0.2, -0.15) is 0 Å². The number of ether oxygens (including phenoxy) is 1. The Bertz CT molecular complexity index is 388. The van der Waals surface area contributed by atoms with Crippen molar-refractivity contribution in [3.05, 3.63) is 0 Å². The molecular formula is C18H33N3O2. The summed E-state index contributed by atoms with van der Waals surface area (Å²) >= 11 is 0. The van der Waals surface area contributed by atoms with Gasteiger partial charge >= 0.3 is 0 Å². The number of piperidine rings is 1. The second-order valence-electron chi connectivity index (χ2n) is 7.55. The van der Waals surface area contributed by atoms with Crippen LogP contribution < -0.4 is 0 Å². The van der Waals surface area contributed by atoms with Crippen LogP contribution >= 0.6 is 0 Å². The third kappa shape index (κ3) is 4.06. The summed E-state index contributed by atoms with van der Waals surface area (Å²) in [5.41, 5.74) is 0. The Morgan fingerprint density at radius 2 is 1.65 bits per heavy atom. The van der Waals surface area contributed by atoms with Gasteiger partial charge in [0.1, 0.15) is 0 Å². The maximum Gasteiger partial charge on any atom is 0.240 e. The SMILES string of the molecule is CC(C)N1CCCCC1C(=O)N1CCN(C2CCOCC2)CC1. The van der Waals surface area contributed by atoms with E-state index in [9.17, 15) is 4.79 Å². The van der Waals surface area contributed by atoms with Crippen LogP contribution in [-0.2, 0) is 9.53 Å².